The molecule has 1 aliphatic heterocycles. The first-order valence-electron chi connectivity index (χ1n) is 6.28. The second kappa shape index (κ2) is 2.68. The van der Waals surface area contributed by atoms with Gasteiger partial charge >= 0.3 is 0 Å². The highest BCUT2D eigenvalue weighted by atomic mass is 16.6. The average molecular weight is 206 g/mol. The van der Waals surface area contributed by atoms with Gasteiger partial charge in [0.2, 0.25) is 0 Å². The molecule has 3 fully saturated rings. The van der Waals surface area contributed by atoms with Crippen molar-refractivity contribution in [2.24, 2.45) is 17.3 Å². The molecule has 2 aliphatic carbocycles. The lowest BCUT2D eigenvalue weighted by Gasteiger charge is -2.53. The van der Waals surface area contributed by atoms with Gasteiger partial charge in [-0.2, -0.15) is 0 Å². The summed E-state index contributed by atoms with van der Waals surface area (Å²) in [6.07, 6.45) is 5.56. The van der Waals surface area contributed by atoms with E-state index >= 15 is 0 Å². The minimum absolute atomic E-state index is 0.208. The van der Waals surface area contributed by atoms with Gasteiger partial charge in [-0.1, -0.05) is 26.0 Å². The summed E-state index contributed by atoms with van der Waals surface area (Å²) < 4.78 is 5.83. The molecular weight excluding hydrogens is 184 g/mol. The van der Waals surface area contributed by atoms with E-state index in [1.54, 1.807) is 0 Å². The molecule has 1 heteroatoms. The van der Waals surface area contributed by atoms with Gasteiger partial charge < -0.3 is 4.74 Å². The Kier molecular flexibility index (Phi) is 1.77. The maximum absolute atomic E-state index is 5.83. The fraction of sp³-hybridized carbons (Fsp3) is 0.857. The number of ether oxygens (including phenoxy) is 1. The van der Waals surface area contributed by atoms with Crippen LogP contribution in [-0.4, -0.2) is 11.7 Å². The first kappa shape index (κ1) is 9.89. The molecule has 0 amide bonds. The number of hydrogen-bond donors (Lipinski definition) is 0. The number of hydrogen-bond acceptors (Lipinski definition) is 1. The van der Waals surface area contributed by atoms with Gasteiger partial charge in [0.05, 0.1) is 11.7 Å². The summed E-state index contributed by atoms with van der Waals surface area (Å²) in [4.78, 5) is 0. The number of epoxide rings is 1. The van der Waals surface area contributed by atoms with E-state index in [1.807, 2.05) is 0 Å². The molecule has 0 N–H and O–H groups in total. The first-order valence-corrected chi connectivity index (χ1v) is 6.28. The molecule has 3 aliphatic rings. The Morgan fingerprint density at radius 1 is 1.33 bits per heavy atom. The summed E-state index contributed by atoms with van der Waals surface area (Å²) in [5, 5.41) is 0. The van der Waals surface area contributed by atoms with Gasteiger partial charge in [0.15, 0.2) is 0 Å². The van der Waals surface area contributed by atoms with Gasteiger partial charge in [0.25, 0.3) is 0 Å². The van der Waals surface area contributed by atoms with Crippen LogP contribution in [-0.2, 0) is 4.74 Å². The zero-order valence-electron chi connectivity index (χ0n) is 10.2. The smallest absolute Gasteiger partial charge is 0.0923 e. The van der Waals surface area contributed by atoms with Crippen LogP contribution in [0.2, 0.25) is 0 Å². The molecule has 0 radical (unpaired) electrons. The summed E-state index contributed by atoms with van der Waals surface area (Å²) in [7, 11) is 0. The monoisotopic (exact) mass is 206 g/mol. The Morgan fingerprint density at radius 3 is 2.73 bits per heavy atom. The van der Waals surface area contributed by atoms with E-state index in [9.17, 15) is 0 Å². The van der Waals surface area contributed by atoms with Crippen molar-refractivity contribution in [2.75, 3.05) is 0 Å². The van der Waals surface area contributed by atoms with Crippen molar-refractivity contribution in [1.82, 2.24) is 0 Å². The fourth-order valence-corrected chi connectivity index (χ4v) is 3.87. The topological polar surface area (TPSA) is 12.5 Å². The molecule has 0 aromatic carbocycles. The van der Waals surface area contributed by atoms with Crippen molar-refractivity contribution in [2.45, 2.75) is 58.2 Å². The highest BCUT2D eigenvalue weighted by Gasteiger charge is 2.57. The van der Waals surface area contributed by atoms with Crippen molar-refractivity contribution in [3.05, 3.63) is 12.2 Å². The lowest BCUT2D eigenvalue weighted by Crippen LogP contribution is -2.46. The first-order chi connectivity index (χ1) is 6.92. The third kappa shape index (κ3) is 1.32. The lowest BCUT2D eigenvalue weighted by molar-refractivity contribution is -0.00326. The molecule has 1 heterocycles. The molecule has 0 bridgehead atoms. The summed E-state index contributed by atoms with van der Waals surface area (Å²) in [6.45, 7) is 11.4. The third-order valence-electron chi connectivity index (χ3n) is 5.19. The van der Waals surface area contributed by atoms with Gasteiger partial charge in [0, 0.05) is 0 Å². The average Bonchev–Trinajstić information content (AvgIpc) is 2.71. The number of fused-ring (bicyclic) bond motifs is 2. The van der Waals surface area contributed by atoms with Gasteiger partial charge in [-0.3, -0.25) is 0 Å². The SMILES string of the molecule is C=C1C[C@H]2O[C@]2(C)CC[C@H]2[C@@H]1CC2(C)C. The van der Waals surface area contributed by atoms with Crippen molar-refractivity contribution >= 4 is 0 Å². The maximum atomic E-state index is 5.83. The third-order valence-corrected chi connectivity index (χ3v) is 5.19. The van der Waals surface area contributed by atoms with Crippen LogP contribution in [0.5, 0.6) is 0 Å². The molecule has 4 atom stereocenters. The molecule has 2 saturated carbocycles. The van der Waals surface area contributed by atoms with Gasteiger partial charge in [0.1, 0.15) is 0 Å². The molecule has 0 spiro atoms. The Labute approximate surface area is 92.9 Å². The second-order valence-corrected chi connectivity index (χ2v) is 6.73. The second-order valence-electron chi connectivity index (χ2n) is 6.73. The summed E-state index contributed by atoms with van der Waals surface area (Å²) in [5.41, 5.74) is 2.22. The predicted octanol–water partition coefficient (Wildman–Crippen LogP) is 3.55. The van der Waals surface area contributed by atoms with Crippen LogP contribution in [0.15, 0.2) is 12.2 Å². The van der Waals surface area contributed by atoms with Crippen molar-refractivity contribution in [1.29, 1.82) is 0 Å². The van der Waals surface area contributed by atoms with Crippen molar-refractivity contribution in [3.8, 4) is 0 Å². The Bertz CT molecular complexity index is 317. The zero-order valence-corrected chi connectivity index (χ0v) is 10.2. The summed E-state index contributed by atoms with van der Waals surface area (Å²) in [6, 6.07) is 0. The lowest BCUT2D eigenvalue weighted by atomic mass is 9.51. The van der Waals surface area contributed by atoms with Crippen LogP contribution in [0.4, 0.5) is 0 Å². The number of rotatable bonds is 0. The van der Waals surface area contributed by atoms with E-state index < -0.39 is 0 Å². The molecule has 0 unspecified atom stereocenters. The van der Waals surface area contributed by atoms with Gasteiger partial charge in [-0.25, -0.2) is 0 Å². The summed E-state index contributed by atoms with van der Waals surface area (Å²) >= 11 is 0. The Balaban J connectivity index is 1.80. The van der Waals surface area contributed by atoms with Gasteiger partial charge in [-0.05, 0) is 49.9 Å². The molecule has 84 valence electrons. The van der Waals surface area contributed by atoms with Crippen LogP contribution in [0.1, 0.15) is 46.5 Å². The van der Waals surface area contributed by atoms with E-state index in [0.29, 0.717) is 11.5 Å². The molecule has 0 aromatic rings. The van der Waals surface area contributed by atoms with Crippen molar-refractivity contribution < 1.29 is 4.74 Å². The van der Waals surface area contributed by atoms with Crippen LogP contribution in [0.3, 0.4) is 0 Å². The Hall–Kier alpha value is -0.300. The molecule has 0 aromatic heterocycles. The largest absolute Gasteiger partial charge is 0.366 e. The molecule has 1 saturated heterocycles. The van der Waals surface area contributed by atoms with Crippen LogP contribution in [0.25, 0.3) is 0 Å². The van der Waals surface area contributed by atoms with E-state index in [2.05, 4.69) is 27.4 Å². The highest BCUT2D eigenvalue weighted by molar-refractivity contribution is 5.19. The van der Waals surface area contributed by atoms with Crippen LogP contribution < -0.4 is 0 Å². The zero-order chi connectivity index (χ0) is 10.8. The molecule has 15 heavy (non-hydrogen) atoms. The Morgan fingerprint density at radius 2 is 2.07 bits per heavy atom. The van der Waals surface area contributed by atoms with E-state index in [4.69, 9.17) is 4.74 Å². The quantitative estimate of drug-likeness (QED) is 0.436. The van der Waals surface area contributed by atoms with Crippen molar-refractivity contribution in [3.63, 3.8) is 0 Å². The molecule has 1 nitrogen and oxygen atoms in total. The fourth-order valence-electron chi connectivity index (χ4n) is 3.87. The molecule has 3 rings (SSSR count). The van der Waals surface area contributed by atoms with E-state index in [1.165, 1.54) is 24.8 Å². The van der Waals surface area contributed by atoms with E-state index in [0.717, 1.165) is 18.3 Å². The van der Waals surface area contributed by atoms with Crippen LogP contribution >= 0.6 is 0 Å². The summed E-state index contributed by atoms with van der Waals surface area (Å²) in [5.74, 6) is 1.67. The normalized spacial score (nSPS) is 51.9. The van der Waals surface area contributed by atoms with Gasteiger partial charge in [-0.15, -0.1) is 0 Å². The minimum atomic E-state index is 0.208. The van der Waals surface area contributed by atoms with E-state index in [-0.39, 0.29) is 5.60 Å². The predicted molar refractivity (Wildman–Crippen MR) is 61.6 cm³/mol. The minimum Gasteiger partial charge on any atom is -0.366 e. The standard InChI is InChI=1S/C14H22O/c1-9-7-12-14(4,15-12)6-5-11-10(9)8-13(11,2)3/h10-12H,1,5-8H2,2-4H3/t10-,11+,12-,14-/m1/s1. The molecular formula is C14H22O. The maximum Gasteiger partial charge on any atom is 0.0923 e. The highest BCUT2D eigenvalue weighted by Crippen LogP contribution is 2.60. The van der Waals surface area contributed by atoms with Crippen LogP contribution in [0, 0.1) is 17.3 Å².